The summed E-state index contributed by atoms with van der Waals surface area (Å²) >= 11 is 3.49. The van der Waals surface area contributed by atoms with Crippen LogP contribution >= 0.6 is 15.9 Å². The minimum absolute atomic E-state index is 0.507. The van der Waals surface area contributed by atoms with Gasteiger partial charge in [-0.2, -0.15) is 0 Å². The number of fused-ring (bicyclic) bond motifs is 1. The van der Waals surface area contributed by atoms with Gasteiger partial charge in [0.2, 0.25) is 0 Å². The molecule has 0 aromatic heterocycles. The molecular formula is C12H13BrO3. The van der Waals surface area contributed by atoms with Crippen molar-refractivity contribution in [2.24, 2.45) is 0 Å². The van der Waals surface area contributed by atoms with E-state index in [1.165, 1.54) is 0 Å². The van der Waals surface area contributed by atoms with E-state index in [1.54, 1.807) is 0 Å². The van der Waals surface area contributed by atoms with Crippen molar-refractivity contribution in [1.29, 1.82) is 0 Å². The van der Waals surface area contributed by atoms with Crippen LogP contribution in [-0.2, 0) is 11.2 Å². The Morgan fingerprint density at radius 3 is 2.94 bits per heavy atom. The van der Waals surface area contributed by atoms with E-state index >= 15 is 0 Å². The summed E-state index contributed by atoms with van der Waals surface area (Å²) in [5.74, 6) is 1.57. The number of carbonyl (C=O) groups is 1. The van der Waals surface area contributed by atoms with Gasteiger partial charge in [0.1, 0.15) is 19.5 Å². The third kappa shape index (κ3) is 2.07. The van der Waals surface area contributed by atoms with Gasteiger partial charge in [-0.25, -0.2) is 0 Å². The van der Waals surface area contributed by atoms with Gasteiger partial charge >= 0.3 is 0 Å². The monoisotopic (exact) mass is 284 g/mol. The minimum Gasteiger partial charge on any atom is -0.486 e. The van der Waals surface area contributed by atoms with Crippen LogP contribution in [0, 0.1) is 6.92 Å². The summed E-state index contributed by atoms with van der Waals surface area (Å²) in [5, 5.41) is 0. The molecule has 0 saturated carbocycles. The summed E-state index contributed by atoms with van der Waals surface area (Å²) in [6.07, 6.45) is 2.13. The maximum atomic E-state index is 10.5. The van der Waals surface area contributed by atoms with Crippen molar-refractivity contribution < 1.29 is 14.3 Å². The number of hydrogen-bond acceptors (Lipinski definition) is 3. The van der Waals surface area contributed by atoms with Gasteiger partial charge in [0.25, 0.3) is 0 Å². The first-order valence-corrected chi connectivity index (χ1v) is 6.04. The van der Waals surface area contributed by atoms with E-state index in [2.05, 4.69) is 15.9 Å². The van der Waals surface area contributed by atoms with Gasteiger partial charge in [0.15, 0.2) is 11.5 Å². The van der Waals surface area contributed by atoms with Crippen molar-refractivity contribution in [2.45, 2.75) is 19.8 Å². The molecule has 1 aliphatic heterocycles. The second-order valence-electron chi connectivity index (χ2n) is 3.69. The van der Waals surface area contributed by atoms with Crippen LogP contribution in [0.2, 0.25) is 0 Å². The van der Waals surface area contributed by atoms with Crippen LogP contribution in [0.1, 0.15) is 17.5 Å². The lowest BCUT2D eigenvalue weighted by atomic mass is 10.0. The van der Waals surface area contributed by atoms with E-state index in [0.29, 0.717) is 26.1 Å². The van der Waals surface area contributed by atoms with Crippen LogP contribution in [0.15, 0.2) is 10.5 Å². The summed E-state index contributed by atoms with van der Waals surface area (Å²) < 4.78 is 12.2. The molecule has 0 bridgehead atoms. The molecule has 3 nitrogen and oxygen atoms in total. The van der Waals surface area contributed by atoms with Gasteiger partial charge in [0, 0.05) is 16.5 Å². The number of ether oxygens (including phenoxy) is 2. The first kappa shape index (κ1) is 11.5. The summed E-state index contributed by atoms with van der Waals surface area (Å²) in [6.45, 7) is 3.17. The van der Waals surface area contributed by atoms with Crippen LogP contribution in [0.5, 0.6) is 11.5 Å². The normalized spacial score (nSPS) is 13.6. The fourth-order valence-corrected chi connectivity index (χ4v) is 2.26. The average Bonchev–Trinajstić information content (AvgIpc) is 2.30. The molecule has 0 unspecified atom stereocenters. The lowest BCUT2D eigenvalue weighted by Gasteiger charge is -2.23. The number of rotatable bonds is 3. The van der Waals surface area contributed by atoms with E-state index in [0.717, 1.165) is 33.4 Å². The molecule has 0 atom stereocenters. The molecule has 0 spiro atoms. The largest absolute Gasteiger partial charge is 0.486 e. The molecule has 0 N–H and O–H groups in total. The van der Waals surface area contributed by atoms with Crippen LogP contribution in [0.4, 0.5) is 0 Å². The van der Waals surface area contributed by atoms with E-state index < -0.39 is 0 Å². The highest BCUT2D eigenvalue weighted by Crippen LogP contribution is 2.40. The highest BCUT2D eigenvalue weighted by Gasteiger charge is 2.19. The highest BCUT2D eigenvalue weighted by molar-refractivity contribution is 9.10. The zero-order valence-corrected chi connectivity index (χ0v) is 10.7. The van der Waals surface area contributed by atoms with Crippen molar-refractivity contribution >= 4 is 22.2 Å². The second-order valence-corrected chi connectivity index (χ2v) is 4.55. The Morgan fingerprint density at radius 1 is 1.44 bits per heavy atom. The maximum Gasteiger partial charge on any atom is 0.164 e. The molecule has 0 saturated heterocycles. The van der Waals surface area contributed by atoms with E-state index in [1.807, 2.05) is 13.0 Å². The maximum absolute atomic E-state index is 10.5. The number of carbonyl (C=O) groups excluding carboxylic acids is 1. The zero-order valence-electron chi connectivity index (χ0n) is 9.09. The minimum atomic E-state index is 0.507. The number of aldehydes is 1. The van der Waals surface area contributed by atoms with Gasteiger partial charge in [-0.1, -0.05) is 15.9 Å². The van der Waals surface area contributed by atoms with Crippen LogP contribution in [-0.4, -0.2) is 19.5 Å². The Bertz CT molecular complexity index is 415. The van der Waals surface area contributed by atoms with Crippen LogP contribution in [0.3, 0.4) is 0 Å². The van der Waals surface area contributed by atoms with Crippen molar-refractivity contribution in [3.8, 4) is 11.5 Å². The van der Waals surface area contributed by atoms with Crippen molar-refractivity contribution in [2.75, 3.05) is 13.2 Å². The topological polar surface area (TPSA) is 35.5 Å². The van der Waals surface area contributed by atoms with Gasteiger partial charge < -0.3 is 14.3 Å². The molecule has 0 amide bonds. The van der Waals surface area contributed by atoms with E-state index in [-0.39, 0.29) is 0 Å². The molecular weight excluding hydrogens is 272 g/mol. The smallest absolute Gasteiger partial charge is 0.164 e. The SMILES string of the molecule is Cc1c(Br)cc2c(c1CCC=O)OCCO2. The number of halogens is 1. The Hall–Kier alpha value is -1.03. The molecule has 0 fully saturated rings. The molecule has 4 heteroatoms. The average molecular weight is 285 g/mol. The second kappa shape index (κ2) is 4.87. The summed E-state index contributed by atoms with van der Waals surface area (Å²) in [4.78, 5) is 10.5. The Morgan fingerprint density at radius 2 is 2.19 bits per heavy atom. The predicted octanol–water partition coefficient (Wildman–Crippen LogP) is 2.66. The molecule has 0 aliphatic carbocycles. The zero-order chi connectivity index (χ0) is 11.5. The van der Waals surface area contributed by atoms with Crippen LogP contribution in [0.25, 0.3) is 0 Å². The molecule has 1 heterocycles. The van der Waals surface area contributed by atoms with Gasteiger partial charge in [-0.05, 0) is 25.0 Å². The summed E-state index contributed by atoms with van der Waals surface area (Å²) in [7, 11) is 0. The lowest BCUT2D eigenvalue weighted by Crippen LogP contribution is -2.17. The van der Waals surface area contributed by atoms with Crippen LogP contribution < -0.4 is 9.47 Å². The predicted molar refractivity (Wildman–Crippen MR) is 64.3 cm³/mol. The quantitative estimate of drug-likeness (QED) is 0.801. The Labute approximate surface area is 103 Å². The Kier molecular flexibility index (Phi) is 3.49. The first-order valence-electron chi connectivity index (χ1n) is 5.25. The van der Waals surface area contributed by atoms with Crippen molar-refractivity contribution in [3.63, 3.8) is 0 Å². The van der Waals surface area contributed by atoms with Gasteiger partial charge in [0.05, 0.1) is 0 Å². The molecule has 1 aliphatic rings. The molecule has 86 valence electrons. The van der Waals surface area contributed by atoms with E-state index in [9.17, 15) is 4.79 Å². The molecule has 2 rings (SSSR count). The summed E-state index contributed by atoms with van der Waals surface area (Å²) in [6, 6.07) is 1.92. The van der Waals surface area contributed by atoms with E-state index in [4.69, 9.17) is 9.47 Å². The third-order valence-corrected chi connectivity index (χ3v) is 3.49. The molecule has 16 heavy (non-hydrogen) atoms. The fourth-order valence-electron chi connectivity index (χ4n) is 1.82. The first-order chi connectivity index (χ1) is 7.74. The fraction of sp³-hybridized carbons (Fsp3) is 0.417. The van der Waals surface area contributed by atoms with Gasteiger partial charge in [-0.15, -0.1) is 0 Å². The number of hydrogen-bond donors (Lipinski definition) is 0. The third-order valence-electron chi connectivity index (χ3n) is 2.67. The lowest BCUT2D eigenvalue weighted by molar-refractivity contribution is -0.107. The molecule has 1 aromatic carbocycles. The summed E-state index contributed by atoms with van der Waals surface area (Å²) in [5.41, 5.74) is 2.18. The van der Waals surface area contributed by atoms with Gasteiger partial charge in [-0.3, -0.25) is 0 Å². The van der Waals surface area contributed by atoms with Crippen molar-refractivity contribution in [1.82, 2.24) is 0 Å². The number of benzene rings is 1. The Balaban J connectivity index is 2.45. The van der Waals surface area contributed by atoms with Crippen molar-refractivity contribution in [3.05, 3.63) is 21.7 Å². The molecule has 1 aromatic rings. The highest BCUT2D eigenvalue weighted by atomic mass is 79.9. The standard InChI is InChI=1S/C12H13BrO3/c1-8-9(3-2-4-14)12-11(7-10(8)13)15-5-6-16-12/h4,7H,2-3,5-6H2,1H3. The molecule has 0 radical (unpaired) electrons.